The fourth-order valence-corrected chi connectivity index (χ4v) is 3.64. The molecule has 2 aromatic carbocycles. The third-order valence-electron chi connectivity index (χ3n) is 3.06. The van der Waals surface area contributed by atoms with E-state index in [1.165, 1.54) is 24.3 Å². The Kier molecular flexibility index (Phi) is 4.01. The number of benzene rings is 2. The number of sulfone groups is 1. The zero-order valence-corrected chi connectivity index (χ0v) is 12.3. The van der Waals surface area contributed by atoms with Crippen molar-refractivity contribution >= 4 is 21.8 Å². The lowest BCUT2D eigenvalue weighted by Crippen LogP contribution is -2.15. The number of aromatic carboxylic acids is 2. The number of carbonyl (C=O) groups is 2. The standard InChI is InChI=1S/C15H12O6S/c1-9-4-2-5-10(8-9)22(20,21)12-7-3-6-11(14(16)17)13(12)15(18)19/h2-8H,1H3,(H,16,17)(H,18,19). The van der Waals surface area contributed by atoms with Crippen LogP contribution in [0.1, 0.15) is 26.3 Å². The molecule has 0 fully saturated rings. The van der Waals surface area contributed by atoms with Crippen molar-refractivity contribution in [1.29, 1.82) is 0 Å². The summed E-state index contributed by atoms with van der Waals surface area (Å²) >= 11 is 0. The summed E-state index contributed by atoms with van der Waals surface area (Å²) in [5.41, 5.74) is -0.620. The SMILES string of the molecule is Cc1cccc(S(=O)(=O)c2cccc(C(=O)O)c2C(=O)O)c1. The van der Waals surface area contributed by atoms with Crippen LogP contribution in [-0.2, 0) is 9.84 Å². The highest BCUT2D eigenvalue weighted by Crippen LogP contribution is 2.27. The summed E-state index contributed by atoms with van der Waals surface area (Å²) in [5, 5.41) is 18.3. The first-order valence-corrected chi connectivity index (χ1v) is 7.65. The number of carboxylic acids is 2. The summed E-state index contributed by atoms with van der Waals surface area (Å²) in [6.07, 6.45) is 0. The number of hydrogen-bond acceptors (Lipinski definition) is 4. The maximum atomic E-state index is 12.6. The predicted molar refractivity (Wildman–Crippen MR) is 77.0 cm³/mol. The number of carboxylic acid groups (broad SMARTS) is 2. The van der Waals surface area contributed by atoms with Gasteiger partial charge >= 0.3 is 11.9 Å². The van der Waals surface area contributed by atoms with Gasteiger partial charge < -0.3 is 10.2 Å². The highest BCUT2D eigenvalue weighted by Gasteiger charge is 2.28. The Bertz CT molecular complexity index is 867. The van der Waals surface area contributed by atoms with E-state index in [9.17, 15) is 23.1 Å². The van der Waals surface area contributed by atoms with Gasteiger partial charge in [-0.25, -0.2) is 18.0 Å². The Morgan fingerprint density at radius 1 is 0.955 bits per heavy atom. The number of hydrogen-bond donors (Lipinski definition) is 2. The van der Waals surface area contributed by atoms with Gasteiger partial charge in [-0.15, -0.1) is 0 Å². The minimum atomic E-state index is -4.14. The van der Waals surface area contributed by atoms with Gasteiger partial charge in [0.1, 0.15) is 0 Å². The second-order valence-electron chi connectivity index (χ2n) is 4.61. The molecule has 2 rings (SSSR count). The molecule has 0 unspecified atom stereocenters. The topological polar surface area (TPSA) is 109 Å². The van der Waals surface area contributed by atoms with Crippen LogP contribution in [0.4, 0.5) is 0 Å². The van der Waals surface area contributed by atoms with Gasteiger partial charge in [0.15, 0.2) is 0 Å². The Morgan fingerprint density at radius 2 is 1.59 bits per heavy atom. The average Bonchev–Trinajstić information content (AvgIpc) is 2.46. The molecule has 7 heteroatoms. The molecule has 0 atom stereocenters. The van der Waals surface area contributed by atoms with Crippen LogP contribution in [0, 0.1) is 6.92 Å². The highest BCUT2D eigenvalue weighted by atomic mass is 32.2. The highest BCUT2D eigenvalue weighted by molar-refractivity contribution is 7.91. The van der Waals surface area contributed by atoms with Crippen molar-refractivity contribution in [3.05, 3.63) is 59.2 Å². The van der Waals surface area contributed by atoms with Crippen LogP contribution >= 0.6 is 0 Å². The van der Waals surface area contributed by atoms with E-state index in [1.54, 1.807) is 13.0 Å². The van der Waals surface area contributed by atoms with Crippen molar-refractivity contribution in [3.63, 3.8) is 0 Å². The fraction of sp³-hybridized carbons (Fsp3) is 0.0667. The smallest absolute Gasteiger partial charge is 0.337 e. The minimum Gasteiger partial charge on any atom is -0.478 e. The molecule has 6 nitrogen and oxygen atoms in total. The maximum absolute atomic E-state index is 12.6. The zero-order valence-electron chi connectivity index (χ0n) is 11.5. The summed E-state index contributed by atoms with van der Waals surface area (Å²) in [4.78, 5) is 21.9. The number of aryl methyl sites for hydroxylation is 1. The lowest BCUT2D eigenvalue weighted by atomic mass is 10.1. The molecule has 0 aliphatic carbocycles. The van der Waals surface area contributed by atoms with Crippen molar-refractivity contribution < 1.29 is 28.2 Å². The first kappa shape index (κ1) is 15.7. The molecule has 0 aromatic heterocycles. The van der Waals surface area contributed by atoms with Crippen molar-refractivity contribution in [3.8, 4) is 0 Å². The first-order chi connectivity index (χ1) is 10.2. The van der Waals surface area contributed by atoms with Crippen LogP contribution in [0.3, 0.4) is 0 Å². The van der Waals surface area contributed by atoms with Gasteiger partial charge in [0, 0.05) is 0 Å². The molecule has 0 saturated carbocycles. The summed E-state index contributed by atoms with van der Waals surface area (Å²) < 4.78 is 25.3. The summed E-state index contributed by atoms with van der Waals surface area (Å²) in [7, 11) is -4.14. The molecule has 0 aliphatic heterocycles. The van der Waals surface area contributed by atoms with E-state index in [1.807, 2.05) is 0 Å². The average molecular weight is 320 g/mol. The summed E-state index contributed by atoms with van der Waals surface area (Å²) in [6.45, 7) is 1.70. The molecule has 0 bridgehead atoms. The van der Waals surface area contributed by atoms with Crippen LogP contribution < -0.4 is 0 Å². The fourth-order valence-electron chi connectivity index (χ4n) is 2.06. The van der Waals surface area contributed by atoms with Gasteiger partial charge in [-0.1, -0.05) is 18.2 Å². The van der Waals surface area contributed by atoms with Gasteiger partial charge in [0.05, 0.1) is 20.9 Å². The van der Waals surface area contributed by atoms with Crippen LogP contribution in [0.15, 0.2) is 52.3 Å². The second kappa shape index (κ2) is 5.61. The quantitative estimate of drug-likeness (QED) is 0.894. The normalized spacial score (nSPS) is 11.1. The lowest BCUT2D eigenvalue weighted by molar-refractivity contribution is 0.0648. The van der Waals surface area contributed by atoms with Gasteiger partial charge in [0.25, 0.3) is 0 Å². The van der Waals surface area contributed by atoms with Crippen molar-refractivity contribution in [1.82, 2.24) is 0 Å². The molecule has 0 spiro atoms. The van der Waals surface area contributed by atoms with E-state index < -0.39 is 37.8 Å². The predicted octanol–water partition coefficient (Wildman–Crippen LogP) is 2.22. The zero-order chi connectivity index (χ0) is 16.5. The molecule has 0 heterocycles. The van der Waals surface area contributed by atoms with Crippen molar-refractivity contribution in [2.45, 2.75) is 16.7 Å². The van der Waals surface area contributed by atoms with E-state index in [-0.39, 0.29) is 4.90 Å². The molecule has 0 aliphatic rings. The molecule has 2 N–H and O–H groups in total. The molecule has 114 valence electrons. The van der Waals surface area contributed by atoms with Crippen LogP contribution in [0.5, 0.6) is 0 Å². The lowest BCUT2D eigenvalue weighted by Gasteiger charge is -2.10. The molecular weight excluding hydrogens is 308 g/mol. The maximum Gasteiger partial charge on any atom is 0.337 e. The minimum absolute atomic E-state index is 0.0856. The largest absolute Gasteiger partial charge is 0.478 e. The third kappa shape index (κ3) is 2.71. The second-order valence-corrected chi connectivity index (χ2v) is 6.53. The van der Waals surface area contributed by atoms with Crippen LogP contribution in [0.25, 0.3) is 0 Å². The molecule has 0 amide bonds. The van der Waals surface area contributed by atoms with Crippen molar-refractivity contribution in [2.75, 3.05) is 0 Å². The van der Waals surface area contributed by atoms with E-state index in [0.717, 1.165) is 12.1 Å². The van der Waals surface area contributed by atoms with Gasteiger partial charge in [-0.05, 0) is 36.8 Å². The van der Waals surface area contributed by atoms with Crippen LogP contribution in [0.2, 0.25) is 0 Å². The Labute approximate surface area is 126 Å². The van der Waals surface area contributed by atoms with Crippen LogP contribution in [-0.4, -0.2) is 30.6 Å². The Morgan fingerprint density at radius 3 is 2.14 bits per heavy atom. The Balaban J connectivity index is 2.79. The van der Waals surface area contributed by atoms with E-state index in [0.29, 0.717) is 5.56 Å². The third-order valence-corrected chi connectivity index (χ3v) is 4.85. The van der Waals surface area contributed by atoms with Gasteiger partial charge in [0.2, 0.25) is 9.84 Å². The molecule has 22 heavy (non-hydrogen) atoms. The Hall–Kier alpha value is -2.67. The molecular formula is C15H12O6S. The van der Waals surface area contributed by atoms with E-state index in [2.05, 4.69) is 0 Å². The van der Waals surface area contributed by atoms with Gasteiger partial charge in [-0.3, -0.25) is 0 Å². The molecule has 0 radical (unpaired) electrons. The summed E-state index contributed by atoms with van der Waals surface area (Å²) in [5.74, 6) is -3.11. The summed E-state index contributed by atoms with van der Waals surface area (Å²) in [6, 6.07) is 9.32. The monoisotopic (exact) mass is 320 g/mol. The van der Waals surface area contributed by atoms with E-state index in [4.69, 9.17) is 5.11 Å². The first-order valence-electron chi connectivity index (χ1n) is 6.16. The molecule has 2 aromatic rings. The molecule has 0 saturated heterocycles. The van der Waals surface area contributed by atoms with Crippen molar-refractivity contribution in [2.24, 2.45) is 0 Å². The number of rotatable bonds is 4. The van der Waals surface area contributed by atoms with E-state index >= 15 is 0 Å². The van der Waals surface area contributed by atoms with Gasteiger partial charge in [-0.2, -0.15) is 0 Å².